The van der Waals surface area contributed by atoms with E-state index in [9.17, 15) is 5.11 Å². The van der Waals surface area contributed by atoms with Crippen LogP contribution in [-0.2, 0) is 0 Å². The van der Waals surface area contributed by atoms with E-state index in [1.54, 1.807) is 0 Å². The van der Waals surface area contributed by atoms with Gasteiger partial charge in [-0.05, 0) is 50.4 Å². The molecule has 0 aliphatic heterocycles. The van der Waals surface area contributed by atoms with Gasteiger partial charge in [0.25, 0.3) is 0 Å². The highest BCUT2D eigenvalue weighted by atomic mass is 16.3. The summed E-state index contributed by atoms with van der Waals surface area (Å²) in [5.41, 5.74) is -0.324. The van der Waals surface area contributed by atoms with Crippen LogP contribution in [0.4, 0.5) is 0 Å². The normalized spacial score (nSPS) is 56.5. The molecule has 2 unspecified atom stereocenters. The third-order valence-electron chi connectivity index (χ3n) is 3.48. The lowest BCUT2D eigenvalue weighted by Gasteiger charge is -2.17. The minimum absolute atomic E-state index is 0.324. The van der Waals surface area contributed by atoms with Crippen LogP contribution in [0.2, 0.25) is 0 Å². The predicted molar refractivity (Wildman–Crippen MR) is 45.2 cm³/mol. The molecule has 11 heavy (non-hydrogen) atoms. The van der Waals surface area contributed by atoms with Gasteiger partial charge < -0.3 is 5.11 Å². The minimum Gasteiger partial charge on any atom is -0.390 e. The highest BCUT2D eigenvalue weighted by Crippen LogP contribution is 2.50. The van der Waals surface area contributed by atoms with E-state index in [0.29, 0.717) is 0 Å². The van der Waals surface area contributed by atoms with E-state index in [1.807, 2.05) is 6.92 Å². The molecule has 2 saturated carbocycles. The summed E-state index contributed by atoms with van der Waals surface area (Å²) in [6.45, 7) is 4.34. The van der Waals surface area contributed by atoms with Crippen LogP contribution in [0.3, 0.4) is 0 Å². The molecule has 2 rings (SSSR count). The van der Waals surface area contributed by atoms with Crippen molar-refractivity contribution in [3.63, 3.8) is 0 Å². The number of rotatable bonds is 0. The summed E-state index contributed by atoms with van der Waals surface area (Å²) >= 11 is 0. The number of fused-ring (bicyclic) bond motifs is 1. The summed E-state index contributed by atoms with van der Waals surface area (Å²) in [7, 11) is 0. The molecule has 0 bridgehead atoms. The first kappa shape index (κ1) is 7.60. The van der Waals surface area contributed by atoms with Crippen LogP contribution < -0.4 is 0 Å². The van der Waals surface area contributed by atoms with Crippen molar-refractivity contribution in [2.24, 2.45) is 17.8 Å². The first-order valence-electron chi connectivity index (χ1n) is 4.79. The molecule has 2 aliphatic rings. The van der Waals surface area contributed by atoms with Gasteiger partial charge in [-0.3, -0.25) is 0 Å². The van der Waals surface area contributed by atoms with Crippen LogP contribution in [0.5, 0.6) is 0 Å². The predicted octanol–water partition coefficient (Wildman–Crippen LogP) is 2.19. The molecule has 0 amide bonds. The summed E-state index contributed by atoms with van der Waals surface area (Å²) in [4.78, 5) is 0. The zero-order valence-corrected chi connectivity index (χ0v) is 7.51. The van der Waals surface area contributed by atoms with Crippen molar-refractivity contribution in [2.75, 3.05) is 0 Å². The van der Waals surface area contributed by atoms with E-state index in [0.717, 1.165) is 30.6 Å². The monoisotopic (exact) mass is 154 g/mol. The van der Waals surface area contributed by atoms with E-state index in [1.165, 1.54) is 12.8 Å². The summed E-state index contributed by atoms with van der Waals surface area (Å²) in [5, 5.41) is 9.79. The Labute approximate surface area is 68.8 Å². The Hall–Kier alpha value is -0.0400. The third-order valence-corrected chi connectivity index (χ3v) is 3.48. The highest BCUT2D eigenvalue weighted by Gasteiger charge is 2.44. The Morgan fingerprint density at radius 2 is 1.64 bits per heavy atom. The molecule has 2 fully saturated rings. The Morgan fingerprint density at radius 3 is 2.09 bits per heavy atom. The van der Waals surface area contributed by atoms with Crippen molar-refractivity contribution in [3.05, 3.63) is 0 Å². The maximum atomic E-state index is 9.79. The number of hydrogen-bond donors (Lipinski definition) is 1. The quantitative estimate of drug-likeness (QED) is 0.567. The molecule has 0 aromatic heterocycles. The molecule has 64 valence electrons. The van der Waals surface area contributed by atoms with Crippen LogP contribution in [0, 0.1) is 17.8 Å². The molecular formula is C10H18O. The van der Waals surface area contributed by atoms with Gasteiger partial charge in [-0.25, -0.2) is 0 Å². The van der Waals surface area contributed by atoms with Crippen molar-refractivity contribution in [2.45, 2.75) is 45.1 Å². The standard InChI is InChI=1S/C10H18O/c1-7-3-8-5-10(2,11)6-9(8)4-7/h7-9,11H,3-6H2,1-2H3. The Morgan fingerprint density at radius 1 is 1.18 bits per heavy atom. The maximum absolute atomic E-state index is 9.79. The number of aliphatic hydroxyl groups is 1. The second kappa shape index (κ2) is 2.22. The van der Waals surface area contributed by atoms with Gasteiger partial charge in [0.1, 0.15) is 0 Å². The van der Waals surface area contributed by atoms with Gasteiger partial charge in [-0.15, -0.1) is 0 Å². The van der Waals surface area contributed by atoms with Crippen LogP contribution in [0.1, 0.15) is 39.5 Å². The fourth-order valence-electron chi connectivity index (χ4n) is 3.23. The van der Waals surface area contributed by atoms with Gasteiger partial charge in [0.2, 0.25) is 0 Å². The van der Waals surface area contributed by atoms with Crippen molar-refractivity contribution >= 4 is 0 Å². The van der Waals surface area contributed by atoms with Crippen molar-refractivity contribution in [1.82, 2.24) is 0 Å². The number of hydrogen-bond acceptors (Lipinski definition) is 1. The zero-order chi connectivity index (χ0) is 8.06. The molecule has 2 aliphatic carbocycles. The molecule has 0 radical (unpaired) electrons. The summed E-state index contributed by atoms with van der Waals surface area (Å²) in [5.74, 6) is 2.61. The SMILES string of the molecule is CC1CC2CC(C)(O)CC2C1. The molecule has 0 aromatic carbocycles. The molecular weight excluding hydrogens is 136 g/mol. The Balaban J connectivity index is 2.04. The van der Waals surface area contributed by atoms with E-state index >= 15 is 0 Å². The molecule has 0 heterocycles. The summed E-state index contributed by atoms with van der Waals surface area (Å²) < 4.78 is 0. The smallest absolute Gasteiger partial charge is 0.0625 e. The van der Waals surface area contributed by atoms with Gasteiger partial charge in [0.05, 0.1) is 5.60 Å². The Bertz CT molecular complexity index is 146. The lowest BCUT2D eigenvalue weighted by Crippen LogP contribution is -2.20. The van der Waals surface area contributed by atoms with E-state index in [4.69, 9.17) is 0 Å². The molecule has 1 nitrogen and oxygen atoms in total. The molecule has 0 spiro atoms. The maximum Gasteiger partial charge on any atom is 0.0625 e. The molecule has 1 N–H and O–H groups in total. The van der Waals surface area contributed by atoms with Gasteiger partial charge >= 0.3 is 0 Å². The lowest BCUT2D eigenvalue weighted by molar-refractivity contribution is 0.0572. The Kier molecular flexibility index (Phi) is 1.54. The second-order valence-corrected chi connectivity index (χ2v) is 5.00. The fourth-order valence-corrected chi connectivity index (χ4v) is 3.23. The van der Waals surface area contributed by atoms with Crippen LogP contribution in [0.15, 0.2) is 0 Å². The van der Waals surface area contributed by atoms with Crippen LogP contribution in [-0.4, -0.2) is 10.7 Å². The zero-order valence-electron chi connectivity index (χ0n) is 7.51. The van der Waals surface area contributed by atoms with Crippen molar-refractivity contribution in [3.8, 4) is 0 Å². The van der Waals surface area contributed by atoms with E-state index in [-0.39, 0.29) is 5.60 Å². The average molecular weight is 154 g/mol. The van der Waals surface area contributed by atoms with Gasteiger partial charge in [0.15, 0.2) is 0 Å². The van der Waals surface area contributed by atoms with Crippen LogP contribution >= 0.6 is 0 Å². The van der Waals surface area contributed by atoms with E-state index in [2.05, 4.69) is 6.92 Å². The van der Waals surface area contributed by atoms with Gasteiger partial charge in [-0.2, -0.15) is 0 Å². The largest absolute Gasteiger partial charge is 0.390 e. The van der Waals surface area contributed by atoms with Crippen LogP contribution in [0.25, 0.3) is 0 Å². The first-order chi connectivity index (χ1) is 5.07. The summed E-state index contributed by atoms with van der Waals surface area (Å²) in [6, 6.07) is 0. The van der Waals surface area contributed by atoms with Crippen molar-refractivity contribution < 1.29 is 5.11 Å². The van der Waals surface area contributed by atoms with Crippen molar-refractivity contribution in [1.29, 1.82) is 0 Å². The summed E-state index contributed by atoms with van der Waals surface area (Å²) in [6.07, 6.45) is 4.84. The topological polar surface area (TPSA) is 20.2 Å². The third kappa shape index (κ3) is 1.31. The fraction of sp³-hybridized carbons (Fsp3) is 1.00. The first-order valence-corrected chi connectivity index (χ1v) is 4.79. The molecule has 0 saturated heterocycles. The highest BCUT2D eigenvalue weighted by molar-refractivity contribution is 4.96. The molecule has 2 atom stereocenters. The van der Waals surface area contributed by atoms with Gasteiger partial charge in [-0.1, -0.05) is 6.92 Å². The van der Waals surface area contributed by atoms with E-state index < -0.39 is 0 Å². The second-order valence-electron chi connectivity index (χ2n) is 5.00. The average Bonchev–Trinajstić information content (AvgIpc) is 2.17. The molecule has 0 aromatic rings. The van der Waals surface area contributed by atoms with Gasteiger partial charge in [0, 0.05) is 0 Å². The molecule has 1 heteroatoms. The minimum atomic E-state index is -0.324. The lowest BCUT2D eigenvalue weighted by atomic mass is 9.97.